The maximum absolute atomic E-state index is 13.4. The van der Waals surface area contributed by atoms with Crippen LogP contribution in [-0.2, 0) is 27.4 Å². The molecule has 31 heavy (non-hydrogen) atoms. The molecule has 1 fully saturated rings. The Morgan fingerprint density at radius 2 is 1.81 bits per heavy atom. The summed E-state index contributed by atoms with van der Waals surface area (Å²) in [4.78, 5) is 16.3. The molecule has 0 atom stereocenters. The van der Waals surface area contributed by atoms with E-state index in [1.807, 2.05) is 0 Å². The molecule has 0 spiro atoms. The standard InChI is InChI=1S/C21H20F3N3O3S/c22-21(23,24)20-26-17-10-3-4-11-18(17)27(20)13-19(28)25-14-6-5-9-16(12-14)31(29,30)15-7-1-2-8-15/h3-6,9-12,15H,1-2,7-8,13H2,(H,25,28). The molecule has 164 valence electrons. The fraction of sp³-hybridized carbons (Fsp3) is 0.333. The summed E-state index contributed by atoms with van der Waals surface area (Å²) in [6.45, 7) is -0.616. The van der Waals surface area contributed by atoms with Crippen LogP contribution < -0.4 is 5.32 Å². The van der Waals surface area contributed by atoms with Crippen LogP contribution in [0.4, 0.5) is 18.9 Å². The fourth-order valence-electron chi connectivity index (χ4n) is 3.94. The zero-order chi connectivity index (χ0) is 22.2. The van der Waals surface area contributed by atoms with Crippen molar-refractivity contribution in [2.75, 3.05) is 5.32 Å². The van der Waals surface area contributed by atoms with E-state index in [2.05, 4.69) is 10.3 Å². The van der Waals surface area contributed by atoms with Crippen molar-refractivity contribution in [2.45, 2.75) is 48.5 Å². The highest BCUT2D eigenvalue weighted by molar-refractivity contribution is 7.92. The summed E-state index contributed by atoms with van der Waals surface area (Å²) in [6.07, 6.45) is -1.80. The van der Waals surface area contributed by atoms with Gasteiger partial charge in [-0.05, 0) is 43.2 Å². The van der Waals surface area contributed by atoms with Gasteiger partial charge in [0.25, 0.3) is 0 Å². The molecule has 6 nitrogen and oxygen atoms in total. The van der Waals surface area contributed by atoms with Crippen molar-refractivity contribution in [3.63, 3.8) is 0 Å². The monoisotopic (exact) mass is 451 g/mol. The zero-order valence-electron chi connectivity index (χ0n) is 16.4. The number of fused-ring (bicyclic) bond motifs is 1. The van der Waals surface area contributed by atoms with Gasteiger partial charge in [-0.3, -0.25) is 4.79 Å². The number of para-hydroxylation sites is 2. The molecule has 0 aliphatic heterocycles. The number of hydrogen-bond acceptors (Lipinski definition) is 4. The van der Waals surface area contributed by atoms with Crippen molar-refractivity contribution >= 4 is 32.5 Å². The second-order valence-electron chi connectivity index (χ2n) is 7.54. The van der Waals surface area contributed by atoms with Crippen molar-refractivity contribution in [1.82, 2.24) is 9.55 Å². The maximum Gasteiger partial charge on any atom is 0.449 e. The molecule has 0 bridgehead atoms. The molecule has 1 N–H and O–H groups in total. The molecule has 2 aromatic carbocycles. The highest BCUT2D eigenvalue weighted by Crippen LogP contribution is 2.32. The van der Waals surface area contributed by atoms with Crippen molar-refractivity contribution in [1.29, 1.82) is 0 Å². The summed E-state index contributed by atoms with van der Waals surface area (Å²) in [5, 5.41) is 2.07. The number of carbonyl (C=O) groups excluding carboxylic acids is 1. The van der Waals surface area contributed by atoms with E-state index in [1.54, 1.807) is 12.1 Å². The molecule has 1 aromatic heterocycles. The number of sulfone groups is 1. The molecule has 4 rings (SSSR count). The summed E-state index contributed by atoms with van der Waals surface area (Å²) in [5.74, 6) is -1.88. The minimum Gasteiger partial charge on any atom is -0.324 e. The molecule has 0 unspecified atom stereocenters. The quantitative estimate of drug-likeness (QED) is 0.623. The van der Waals surface area contributed by atoms with Crippen molar-refractivity contribution in [3.05, 3.63) is 54.4 Å². The largest absolute Gasteiger partial charge is 0.449 e. The minimum atomic E-state index is -4.73. The number of aromatic nitrogens is 2. The molecule has 0 radical (unpaired) electrons. The lowest BCUT2D eigenvalue weighted by molar-refractivity contribution is -0.147. The number of nitrogens with zero attached hydrogens (tertiary/aromatic N) is 2. The van der Waals surface area contributed by atoms with Crippen LogP contribution in [0.2, 0.25) is 0 Å². The number of imidazole rings is 1. The Morgan fingerprint density at radius 1 is 1.10 bits per heavy atom. The lowest BCUT2D eigenvalue weighted by Crippen LogP contribution is -2.23. The first-order valence-electron chi connectivity index (χ1n) is 9.82. The van der Waals surface area contributed by atoms with Gasteiger partial charge in [0.2, 0.25) is 11.7 Å². The summed E-state index contributed by atoms with van der Waals surface area (Å²) in [5.41, 5.74) is 0.525. The van der Waals surface area contributed by atoms with Crippen molar-refractivity contribution in [3.8, 4) is 0 Å². The van der Waals surface area contributed by atoms with Crippen LogP contribution in [0, 0.1) is 0 Å². The number of anilines is 1. The van der Waals surface area contributed by atoms with E-state index in [9.17, 15) is 26.4 Å². The van der Waals surface area contributed by atoms with Crippen molar-refractivity contribution in [2.24, 2.45) is 0 Å². The average molecular weight is 451 g/mol. The molecule has 1 heterocycles. The number of hydrogen-bond donors (Lipinski definition) is 1. The van der Waals surface area contributed by atoms with Gasteiger partial charge in [0, 0.05) is 5.69 Å². The van der Waals surface area contributed by atoms with Gasteiger partial charge in [0.15, 0.2) is 9.84 Å². The molecule has 1 amide bonds. The smallest absolute Gasteiger partial charge is 0.324 e. The van der Waals surface area contributed by atoms with Crippen LogP contribution >= 0.6 is 0 Å². The highest BCUT2D eigenvalue weighted by Gasteiger charge is 2.38. The van der Waals surface area contributed by atoms with E-state index in [-0.39, 0.29) is 21.6 Å². The predicted molar refractivity (Wildman–Crippen MR) is 109 cm³/mol. The zero-order valence-corrected chi connectivity index (χ0v) is 17.2. The van der Waals surface area contributed by atoms with Crippen LogP contribution in [0.15, 0.2) is 53.4 Å². The van der Waals surface area contributed by atoms with E-state index in [0.29, 0.717) is 12.8 Å². The highest BCUT2D eigenvalue weighted by atomic mass is 32.2. The topological polar surface area (TPSA) is 81.1 Å². The van der Waals surface area contributed by atoms with Gasteiger partial charge < -0.3 is 9.88 Å². The SMILES string of the molecule is O=C(Cn1c(C(F)(F)F)nc2ccccc21)Nc1cccc(S(=O)(=O)C2CCCC2)c1. The third-order valence-electron chi connectivity index (χ3n) is 5.40. The number of amides is 1. The van der Waals surface area contributed by atoms with E-state index in [4.69, 9.17) is 0 Å². The Labute approximate surface area is 177 Å². The van der Waals surface area contributed by atoms with E-state index in [0.717, 1.165) is 17.4 Å². The van der Waals surface area contributed by atoms with Gasteiger partial charge in [-0.15, -0.1) is 0 Å². The normalized spacial score (nSPS) is 15.5. The first-order valence-corrected chi connectivity index (χ1v) is 11.4. The molecule has 1 aliphatic rings. The minimum absolute atomic E-state index is 0.0984. The first kappa shape index (κ1) is 21.4. The number of nitrogens with one attached hydrogen (secondary N) is 1. The lowest BCUT2D eigenvalue weighted by atomic mass is 10.3. The van der Waals surface area contributed by atoms with Gasteiger partial charge >= 0.3 is 6.18 Å². The van der Waals surface area contributed by atoms with Gasteiger partial charge in [0.1, 0.15) is 6.54 Å². The summed E-state index contributed by atoms with van der Waals surface area (Å²) < 4.78 is 66.6. The molecule has 3 aromatic rings. The number of benzene rings is 2. The van der Waals surface area contributed by atoms with Gasteiger partial charge in [-0.25, -0.2) is 13.4 Å². The van der Waals surface area contributed by atoms with Crippen molar-refractivity contribution < 1.29 is 26.4 Å². The average Bonchev–Trinajstić information content (AvgIpc) is 3.37. The number of alkyl halides is 3. The Bertz CT molecular complexity index is 1230. The van der Waals surface area contributed by atoms with Crippen LogP contribution in [0.25, 0.3) is 11.0 Å². The molecular weight excluding hydrogens is 431 g/mol. The number of carbonyl (C=O) groups is 1. The first-order chi connectivity index (χ1) is 14.7. The summed E-state index contributed by atoms with van der Waals surface area (Å²) in [6, 6.07) is 11.9. The molecule has 1 saturated carbocycles. The summed E-state index contributed by atoms with van der Waals surface area (Å²) >= 11 is 0. The van der Waals surface area contributed by atoms with Gasteiger partial charge in [-0.1, -0.05) is 31.0 Å². The fourth-order valence-corrected chi connectivity index (χ4v) is 5.84. The van der Waals surface area contributed by atoms with Crippen LogP contribution in [0.5, 0.6) is 0 Å². The predicted octanol–water partition coefficient (Wildman–Crippen LogP) is 4.41. The van der Waals surface area contributed by atoms with Gasteiger partial charge in [0.05, 0.1) is 21.2 Å². The number of rotatable bonds is 5. The van der Waals surface area contributed by atoms with Crippen LogP contribution in [-0.4, -0.2) is 29.1 Å². The second-order valence-corrected chi connectivity index (χ2v) is 9.76. The summed E-state index contributed by atoms with van der Waals surface area (Å²) in [7, 11) is -3.52. The van der Waals surface area contributed by atoms with Crippen LogP contribution in [0.3, 0.4) is 0 Å². The third kappa shape index (κ3) is 4.30. The van der Waals surface area contributed by atoms with Crippen LogP contribution in [0.1, 0.15) is 31.5 Å². The third-order valence-corrected chi connectivity index (χ3v) is 7.66. The van der Waals surface area contributed by atoms with Gasteiger partial charge in [-0.2, -0.15) is 13.2 Å². The Kier molecular flexibility index (Phi) is 5.50. The second kappa shape index (κ2) is 7.99. The Balaban J connectivity index is 1.58. The van der Waals surface area contributed by atoms with E-state index >= 15 is 0 Å². The Morgan fingerprint density at radius 3 is 2.52 bits per heavy atom. The molecule has 10 heteroatoms. The molecule has 0 saturated heterocycles. The maximum atomic E-state index is 13.4. The molecule has 1 aliphatic carbocycles. The van der Waals surface area contributed by atoms with E-state index < -0.39 is 39.5 Å². The number of halogens is 3. The lowest BCUT2D eigenvalue weighted by Gasteiger charge is -2.14. The van der Waals surface area contributed by atoms with E-state index in [1.165, 1.54) is 36.4 Å². The Hall–Kier alpha value is -2.88. The molecular formula is C21H20F3N3O3S.